The molecule has 0 aliphatic carbocycles. The number of hydrogen-bond donors (Lipinski definition) is 2. The molecule has 0 aliphatic heterocycles. The monoisotopic (exact) mass is 476 g/mol. The van der Waals surface area contributed by atoms with Crippen LogP contribution in [-0.4, -0.2) is 31.6 Å². The fourth-order valence-corrected chi connectivity index (χ4v) is 3.48. The topological polar surface area (TPSA) is 85.9 Å². The van der Waals surface area contributed by atoms with Crippen molar-refractivity contribution in [1.82, 2.24) is 0 Å². The maximum absolute atomic E-state index is 12.7. The van der Waals surface area contributed by atoms with Crippen molar-refractivity contribution >= 4 is 23.2 Å². The molecule has 3 aromatic rings. The van der Waals surface area contributed by atoms with Gasteiger partial charge in [-0.2, -0.15) is 0 Å². The fraction of sp³-hybridized carbons (Fsp3) is 0.286. The van der Waals surface area contributed by atoms with Crippen LogP contribution in [0.2, 0.25) is 0 Å². The van der Waals surface area contributed by atoms with Crippen molar-refractivity contribution in [2.45, 2.75) is 33.6 Å². The molecule has 0 heterocycles. The second-order valence-corrected chi connectivity index (χ2v) is 7.66. The van der Waals surface area contributed by atoms with Crippen molar-refractivity contribution in [3.05, 3.63) is 77.9 Å². The number of carbonyl (C=O) groups excluding carboxylic acids is 2. The van der Waals surface area contributed by atoms with Crippen LogP contribution in [0.4, 0.5) is 11.4 Å². The van der Waals surface area contributed by atoms with Crippen molar-refractivity contribution in [3.63, 3.8) is 0 Å². The summed E-state index contributed by atoms with van der Waals surface area (Å²) in [6.07, 6.45) is 0.891. The lowest BCUT2D eigenvalue weighted by molar-refractivity contribution is -0.116. The highest BCUT2D eigenvalue weighted by molar-refractivity contribution is 6.05. The number of anilines is 2. The van der Waals surface area contributed by atoms with Crippen LogP contribution < -0.4 is 24.8 Å². The van der Waals surface area contributed by atoms with Gasteiger partial charge in [0.15, 0.2) is 0 Å². The number of amides is 2. The quantitative estimate of drug-likeness (QED) is 0.350. The maximum atomic E-state index is 12.7. The second kappa shape index (κ2) is 13.0. The Bertz CT molecular complexity index is 1110. The molecule has 0 aliphatic rings. The van der Waals surface area contributed by atoms with Gasteiger partial charge in [0.1, 0.15) is 17.2 Å². The van der Waals surface area contributed by atoms with Crippen LogP contribution in [0, 0.1) is 0 Å². The number of benzene rings is 3. The molecule has 35 heavy (non-hydrogen) atoms. The summed E-state index contributed by atoms with van der Waals surface area (Å²) < 4.78 is 17.0. The molecule has 0 atom stereocenters. The van der Waals surface area contributed by atoms with Crippen LogP contribution >= 0.6 is 0 Å². The summed E-state index contributed by atoms with van der Waals surface area (Å²) >= 11 is 0. The van der Waals surface area contributed by atoms with Gasteiger partial charge in [0, 0.05) is 24.1 Å². The minimum Gasteiger partial charge on any atom is -0.494 e. The first kappa shape index (κ1) is 25.6. The zero-order valence-electron chi connectivity index (χ0n) is 20.4. The predicted octanol–water partition coefficient (Wildman–Crippen LogP) is 5.71. The van der Waals surface area contributed by atoms with E-state index in [2.05, 4.69) is 10.6 Å². The molecule has 3 rings (SSSR count). The molecular formula is C28H32N2O5. The lowest BCUT2D eigenvalue weighted by Gasteiger charge is -2.18. The average molecular weight is 477 g/mol. The molecule has 7 nitrogen and oxygen atoms in total. The molecule has 0 bridgehead atoms. The molecule has 0 spiro atoms. The second-order valence-electron chi connectivity index (χ2n) is 7.66. The zero-order valence-corrected chi connectivity index (χ0v) is 20.4. The molecule has 0 saturated heterocycles. The van der Waals surface area contributed by atoms with E-state index >= 15 is 0 Å². The fourth-order valence-electron chi connectivity index (χ4n) is 3.48. The normalized spacial score (nSPS) is 10.4. The Morgan fingerprint density at radius 1 is 0.714 bits per heavy atom. The Kier molecular flexibility index (Phi) is 9.54. The lowest BCUT2D eigenvalue weighted by Crippen LogP contribution is -2.16. The number of carbonyl (C=O) groups is 2. The van der Waals surface area contributed by atoms with Gasteiger partial charge in [-0.25, -0.2) is 0 Å². The molecular weight excluding hydrogens is 444 g/mol. The van der Waals surface area contributed by atoms with Crippen molar-refractivity contribution in [3.8, 4) is 17.2 Å². The van der Waals surface area contributed by atoms with E-state index in [9.17, 15) is 9.59 Å². The molecule has 2 amide bonds. The Labute approximate surface area is 206 Å². The molecule has 2 N–H and O–H groups in total. The zero-order chi connectivity index (χ0) is 25.0. The van der Waals surface area contributed by atoms with Crippen LogP contribution in [0.25, 0.3) is 0 Å². The van der Waals surface area contributed by atoms with Gasteiger partial charge in [-0.05, 0) is 57.0 Å². The Morgan fingerprint density at radius 2 is 1.29 bits per heavy atom. The molecule has 0 fully saturated rings. The SMILES string of the molecule is CCOc1ccc(CCC(=O)Nc2cc(OCC)c(NC(=O)c3ccccc3)cc2OCC)cc1. The van der Waals surface area contributed by atoms with Crippen LogP contribution in [0.15, 0.2) is 66.7 Å². The standard InChI is InChI=1S/C28H32N2O5/c1-4-33-22-15-12-20(13-16-22)14-17-27(31)29-23-18-26(35-6-3)24(19-25(23)34-5-2)30-28(32)21-10-8-7-9-11-21/h7-13,15-16,18-19H,4-6,14,17H2,1-3H3,(H,29,31)(H,30,32). The molecule has 3 aromatic carbocycles. The van der Waals surface area contributed by atoms with E-state index in [1.54, 1.807) is 36.4 Å². The first-order valence-electron chi connectivity index (χ1n) is 11.9. The lowest BCUT2D eigenvalue weighted by atomic mass is 10.1. The molecule has 0 radical (unpaired) electrons. The number of ether oxygens (including phenoxy) is 3. The average Bonchev–Trinajstić information content (AvgIpc) is 2.87. The Hall–Kier alpha value is -4.00. The third-order valence-corrected chi connectivity index (χ3v) is 5.11. The summed E-state index contributed by atoms with van der Waals surface area (Å²) in [5.41, 5.74) is 2.53. The number of nitrogens with one attached hydrogen (secondary N) is 2. The summed E-state index contributed by atoms with van der Waals surface area (Å²) in [4.78, 5) is 25.4. The van der Waals surface area contributed by atoms with Crippen molar-refractivity contribution in [1.29, 1.82) is 0 Å². The maximum Gasteiger partial charge on any atom is 0.255 e. The van der Waals surface area contributed by atoms with Gasteiger partial charge in [0.05, 0.1) is 31.2 Å². The minimum absolute atomic E-state index is 0.150. The molecule has 184 valence electrons. The van der Waals surface area contributed by atoms with E-state index < -0.39 is 0 Å². The van der Waals surface area contributed by atoms with Crippen molar-refractivity contribution in [2.75, 3.05) is 30.5 Å². The number of rotatable bonds is 12. The van der Waals surface area contributed by atoms with E-state index in [1.807, 2.05) is 51.1 Å². The highest BCUT2D eigenvalue weighted by Gasteiger charge is 2.17. The number of aryl methyl sites for hydroxylation is 1. The van der Waals surface area contributed by atoms with Gasteiger partial charge >= 0.3 is 0 Å². The van der Waals surface area contributed by atoms with Crippen LogP contribution in [-0.2, 0) is 11.2 Å². The Balaban J connectivity index is 1.74. The van der Waals surface area contributed by atoms with Gasteiger partial charge in [-0.3, -0.25) is 9.59 Å². The molecule has 0 unspecified atom stereocenters. The van der Waals surface area contributed by atoms with Crippen molar-refractivity contribution in [2.24, 2.45) is 0 Å². The third kappa shape index (κ3) is 7.50. The summed E-state index contributed by atoms with van der Waals surface area (Å²) in [5, 5.41) is 5.81. The summed E-state index contributed by atoms with van der Waals surface area (Å²) in [5.74, 6) is 1.30. The van der Waals surface area contributed by atoms with E-state index in [1.165, 1.54) is 0 Å². The Morgan fingerprint density at radius 3 is 1.86 bits per heavy atom. The number of hydrogen-bond acceptors (Lipinski definition) is 5. The third-order valence-electron chi connectivity index (χ3n) is 5.11. The highest BCUT2D eigenvalue weighted by Crippen LogP contribution is 2.37. The van der Waals surface area contributed by atoms with Gasteiger partial charge in [0.25, 0.3) is 5.91 Å². The van der Waals surface area contributed by atoms with Crippen LogP contribution in [0.1, 0.15) is 43.1 Å². The first-order chi connectivity index (χ1) is 17.0. The molecule has 7 heteroatoms. The largest absolute Gasteiger partial charge is 0.494 e. The van der Waals surface area contributed by atoms with E-state index in [0.717, 1.165) is 11.3 Å². The van der Waals surface area contributed by atoms with Gasteiger partial charge in [-0.15, -0.1) is 0 Å². The highest BCUT2D eigenvalue weighted by atomic mass is 16.5. The van der Waals surface area contributed by atoms with E-state index in [4.69, 9.17) is 14.2 Å². The van der Waals surface area contributed by atoms with E-state index in [0.29, 0.717) is 61.1 Å². The van der Waals surface area contributed by atoms with Gasteiger partial charge in [0.2, 0.25) is 5.91 Å². The molecule has 0 aromatic heterocycles. The molecule has 0 saturated carbocycles. The van der Waals surface area contributed by atoms with Crippen molar-refractivity contribution < 1.29 is 23.8 Å². The first-order valence-corrected chi connectivity index (χ1v) is 11.9. The van der Waals surface area contributed by atoms with E-state index in [-0.39, 0.29) is 11.8 Å². The summed E-state index contributed by atoms with van der Waals surface area (Å²) in [7, 11) is 0. The van der Waals surface area contributed by atoms with Gasteiger partial charge < -0.3 is 24.8 Å². The predicted molar refractivity (Wildman–Crippen MR) is 138 cm³/mol. The smallest absolute Gasteiger partial charge is 0.255 e. The minimum atomic E-state index is -0.263. The summed E-state index contributed by atoms with van der Waals surface area (Å²) in [6.45, 7) is 7.06. The van der Waals surface area contributed by atoms with Crippen LogP contribution in [0.5, 0.6) is 17.2 Å². The van der Waals surface area contributed by atoms with Gasteiger partial charge in [-0.1, -0.05) is 30.3 Å². The summed E-state index contributed by atoms with van der Waals surface area (Å²) in [6, 6.07) is 20.0. The van der Waals surface area contributed by atoms with Crippen LogP contribution in [0.3, 0.4) is 0 Å².